The van der Waals surface area contributed by atoms with E-state index in [0.717, 1.165) is 22.2 Å². The molecule has 4 heteroatoms. The Balaban J connectivity index is 2.23. The molecule has 17 heavy (non-hydrogen) atoms. The molecule has 0 bridgehead atoms. The maximum atomic E-state index is 5.82. The van der Waals surface area contributed by atoms with Crippen molar-refractivity contribution >= 4 is 16.7 Å². The maximum absolute atomic E-state index is 5.82. The molecule has 3 rings (SSSR count). The van der Waals surface area contributed by atoms with Gasteiger partial charge >= 0.3 is 0 Å². The summed E-state index contributed by atoms with van der Waals surface area (Å²) in [6.07, 6.45) is 5.17. The summed E-state index contributed by atoms with van der Waals surface area (Å²) in [5.41, 5.74) is 8.45. The number of nitrogens with zero attached hydrogens (tertiary/aromatic N) is 3. The average Bonchev–Trinajstić information content (AvgIpc) is 2.40. The average molecular weight is 222 g/mol. The van der Waals surface area contributed by atoms with Crippen molar-refractivity contribution < 1.29 is 0 Å². The minimum atomic E-state index is 0.457. The van der Waals surface area contributed by atoms with Crippen LogP contribution in [0.2, 0.25) is 0 Å². The van der Waals surface area contributed by atoms with Crippen molar-refractivity contribution in [2.75, 3.05) is 5.73 Å². The lowest BCUT2D eigenvalue weighted by atomic mass is 10.1. The highest BCUT2D eigenvalue weighted by molar-refractivity contribution is 5.88. The van der Waals surface area contributed by atoms with Crippen molar-refractivity contribution in [3.63, 3.8) is 0 Å². The molecule has 82 valence electrons. The lowest BCUT2D eigenvalue weighted by Gasteiger charge is -2.04. The third-order valence-corrected chi connectivity index (χ3v) is 2.61. The van der Waals surface area contributed by atoms with Crippen LogP contribution < -0.4 is 5.73 Å². The summed E-state index contributed by atoms with van der Waals surface area (Å²) in [5.74, 6) is 0.457. The molecule has 2 N–H and O–H groups in total. The zero-order valence-electron chi connectivity index (χ0n) is 9.04. The van der Waals surface area contributed by atoms with Gasteiger partial charge in [0.2, 0.25) is 0 Å². The van der Waals surface area contributed by atoms with E-state index < -0.39 is 0 Å². The second-order valence-electron chi connectivity index (χ2n) is 3.70. The molecule has 0 unspecified atom stereocenters. The standard InChI is InChI=1S/C13H10N4/c14-13-12-10(5-8-16-13)1-2-11(17-12)9-3-6-15-7-4-9/h1-8H,(H2,14,16). The Labute approximate surface area is 98.2 Å². The van der Waals surface area contributed by atoms with Crippen LogP contribution in [-0.4, -0.2) is 15.0 Å². The quantitative estimate of drug-likeness (QED) is 0.686. The number of pyridine rings is 3. The molecule has 0 atom stereocenters. The lowest BCUT2D eigenvalue weighted by molar-refractivity contribution is 1.29. The topological polar surface area (TPSA) is 64.7 Å². The molecule has 0 spiro atoms. The van der Waals surface area contributed by atoms with E-state index in [1.807, 2.05) is 30.3 Å². The van der Waals surface area contributed by atoms with Gasteiger partial charge in [-0.1, -0.05) is 6.07 Å². The smallest absolute Gasteiger partial charge is 0.149 e. The summed E-state index contributed by atoms with van der Waals surface area (Å²) in [4.78, 5) is 12.6. The Morgan fingerprint density at radius 3 is 2.53 bits per heavy atom. The van der Waals surface area contributed by atoms with Gasteiger partial charge in [0.15, 0.2) is 0 Å². The van der Waals surface area contributed by atoms with E-state index >= 15 is 0 Å². The van der Waals surface area contributed by atoms with E-state index in [4.69, 9.17) is 5.73 Å². The van der Waals surface area contributed by atoms with Crippen molar-refractivity contribution in [2.45, 2.75) is 0 Å². The Hall–Kier alpha value is -2.49. The molecule has 0 saturated carbocycles. The van der Waals surface area contributed by atoms with Crippen molar-refractivity contribution in [1.29, 1.82) is 0 Å². The normalized spacial score (nSPS) is 10.6. The number of nitrogen functional groups attached to an aromatic ring is 1. The van der Waals surface area contributed by atoms with Gasteiger partial charge in [-0.05, 0) is 24.3 Å². The predicted octanol–water partition coefficient (Wildman–Crippen LogP) is 2.27. The van der Waals surface area contributed by atoms with E-state index in [1.165, 1.54) is 0 Å². The first-order valence-electron chi connectivity index (χ1n) is 5.26. The van der Waals surface area contributed by atoms with Crippen LogP contribution in [0.5, 0.6) is 0 Å². The van der Waals surface area contributed by atoms with Crippen molar-refractivity contribution in [1.82, 2.24) is 15.0 Å². The summed E-state index contributed by atoms with van der Waals surface area (Å²) in [6, 6.07) is 9.70. The number of aromatic nitrogens is 3. The molecule has 3 aromatic rings. The molecular formula is C13H10N4. The highest BCUT2D eigenvalue weighted by Crippen LogP contribution is 2.22. The van der Waals surface area contributed by atoms with Crippen LogP contribution in [0.1, 0.15) is 0 Å². The van der Waals surface area contributed by atoms with Gasteiger partial charge < -0.3 is 5.73 Å². The third-order valence-electron chi connectivity index (χ3n) is 2.61. The summed E-state index contributed by atoms with van der Waals surface area (Å²) >= 11 is 0. The van der Waals surface area contributed by atoms with E-state index in [2.05, 4.69) is 15.0 Å². The Morgan fingerprint density at radius 2 is 1.71 bits per heavy atom. The van der Waals surface area contributed by atoms with Crippen LogP contribution in [-0.2, 0) is 0 Å². The van der Waals surface area contributed by atoms with Crippen molar-refractivity contribution in [3.05, 3.63) is 48.9 Å². The minimum absolute atomic E-state index is 0.457. The predicted molar refractivity (Wildman–Crippen MR) is 67.2 cm³/mol. The van der Waals surface area contributed by atoms with Crippen LogP contribution >= 0.6 is 0 Å². The second kappa shape index (κ2) is 3.83. The van der Waals surface area contributed by atoms with Crippen LogP contribution in [0.4, 0.5) is 5.82 Å². The fourth-order valence-corrected chi connectivity index (χ4v) is 1.75. The molecule has 3 aromatic heterocycles. The number of hydrogen-bond donors (Lipinski definition) is 1. The molecule has 4 nitrogen and oxygen atoms in total. The molecule has 0 aliphatic rings. The summed E-state index contributed by atoms with van der Waals surface area (Å²) in [6.45, 7) is 0. The molecule has 0 saturated heterocycles. The Bertz CT molecular complexity index is 665. The number of hydrogen-bond acceptors (Lipinski definition) is 4. The maximum Gasteiger partial charge on any atom is 0.149 e. The lowest BCUT2D eigenvalue weighted by Crippen LogP contribution is -1.94. The third kappa shape index (κ3) is 1.69. The van der Waals surface area contributed by atoms with E-state index in [-0.39, 0.29) is 0 Å². The number of anilines is 1. The van der Waals surface area contributed by atoms with Gasteiger partial charge in [0.05, 0.1) is 5.69 Å². The first-order chi connectivity index (χ1) is 8.34. The molecule has 0 amide bonds. The van der Waals surface area contributed by atoms with E-state index in [9.17, 15) is 0 Å². The van der Waals surface area contributed by atoms with Gasteiger partial charge in [-0.25, -0.2) is 9.97 Å². The second-order valence-corrected chi connectivity index (χ2v) is 3.70. The first-order valence-corrected chi connectivity index (χ1v) is 5.26. The summed E-state index contributed by atoms with van der Waals surface area (Å²) in [5, 5.41) is 0.996. The monoisotopic (exact) mass is 222 g/mol. The van der Waals surface area contributed by atoms with Gasteiger partial charge in [-0.15, -0.1) is 0 Å². The van der Waals surface area contributed by atoms with Crippen molar-refractivity contribution in [3.8, 4) is 11.3 Å². The Morgan fingerprint density at radius 1 is 0.882 bits per heavy atom. The van der Waals surface area contributed by atoms with Gasteiger partial charge in [0.1, 0.15) is 11.3 Å². The molecule has 0 aliphatic carbocycles. The molecule has 0 radical (unpaired) electrons. The fourth-order valence-electron chi connectivity index (χ4n) is 1.75. The summed E-state index contributed by atoms with van der Waals surface area (Å²) < 4.78 is 0. The van der Waals surface area contributed by atoms with Gasteiger partial charge in [0, 0.05) is 29.5 Å². The zero-order valence-corrected chi connectivity index (χ0v) is 9.04. The fraction of sp³-hybridized carbons (Fsp3) is 0. The SMILES string of the molecule is Nc1nccc2ccc(-c3ccncc3)nc12. The number of nitrogens with two attached hydrogens (primary N) is 1. The van der Waals surface area contributed by atoms with Gasteiger partial charge in [-0.2, -0.15) is 0 Å². The molecule has 0 aliphatic heterocycles. The highest BCUT2D eigenvalue weighted by atomic mass is 14.9. The summed E-state index contributed by atoms with van der Waals surface area (Å²) in [7, 11) is 0. The van der Waals surface area contributed by atoms with Crippen molar-refractivity contribution in [2.24, 2.45) is 0 Å². The molecular weight excluding hydrogens is 212 g/mol. The Kier molecular flexibility index (Phi) is 2.19. The minimum Gasteiger partial charge on any atom is -0.382 e. The zero-order chi connectivity index (χ0) is 11.7. The largest absolute Gasteiger partial charge is 0.382 e. The molecule has 0 aromatic carbocycles. The highest BCUT2D eigenvalue weighted by Gasteiger charge is 2.03. The number of fused-ring (bicyclic) bond motifs is 1. The van der Waals surface area contributed by atoms with E-state index in [0.29, 0.717) is 5.82 Å². The number of rotatable bonds is 1. The first kappa shape index (κ1) is 9.72. The van der Waals surface area contributed by atoms with Gasteiger partial charge in [-0.3, -0.25) is 4.98 Å². The molecule has 3 heterocycles. The van der Waals surface area contributed by atoms with Crippen LogP contribution in [0.15, 0.2) is 48.9 Å². The van der Waals surface area contributed by atoms with E-state index in [1.54, 1.807) is 18.6 Å². The van der Waals surface area contributed by atoms with Crippen LogP contribution in [0.3, 0.4) is 0 Å². The molecule has 0 fully saturated rings. The van der Waals surface area contributed by atoms with Crippen LogP contribution in [0.25, 0.3) is 22.2 Å². The van der Waals surface area contributed by atoms with Gasteiger partial charge in [0.25, 0.3) is 0 Å². The van der Waals surface area contributed by atoms with Crippen LogP contribution in [0, 0.1) is 0 Å².